The fourth-order valence-electron chi connectivity index (χ4n) is 1.88. The molecule has 6 nitrogen and oxygen atoms in total. The molecule has 7 heteroatoms. The van der Waals surface area contributed by atoms with Crippen molar-refractivity contribution in [1.82, 2.24) is 15.0 Å². The fraction of sp³-hybridized carbons (Fsp3) is 0.308. The van der Waals surface area contributed by atoms with E-state index in [0.29, 0.717) is 41.3 Å². The minimum absolute atomic E-state index is 0.108. The van der Waals surface area contributed by atoms with Gasteiger partial charge in [-0.3, -0.25) is 4.79 Å². The highest BCUT2D eigenvalue weighted by Crippen LogP contribution is 2.24. The number of H-pyrrole nitrogens is 1. The van der Waals surface area contributed by atoms with E-state index in [9.17, 15) is 4.79 Å². The van der Waals surface area contributed by atoms with Gasteiger partial charge in [-0.25, -0.2) is 4.98 Å². The van der Waals surface area contributed by atoms with E-state index >= 15 is 0 Å². The van der Waals surface area contributed by atoms with E-state index in [4.69, 9.17) is 9.47 Å². The second-order valence-electron chi connectivity index (χ2n) is 4.25. The van der Waals surface area contributed by atoms with Crippen molar-refractivity contribution in [3.05, 3.63) is 39.8 Å². The molecule has 0 bridgehead atoms. The fourth-order valence-corrected chi connectivity index (χ4v) is 2.67. The van der Waals surface area contributed by atoms with Crippen LogP contribution < -0.4 is 15.0 Å². The van der Waals surface area contributed by atoms with Gasteiger partial charge in [0.05, 0.1) is 19.3 Å². The molecule has 1 aliphatic heterocycles. The van der Waals surface area contributed by atoms with Crippen LogP contribution in [0.2, 0.25) is 0 Å². The molecule has 3 heterocycles. The van der Waals surface area contributed by atoms with Gasteiger partial charge < -0.3 is 14.5 Å². The lowest BCUT2D eigenvalue weighted by Crippen LogP contribution is -2.12. The molecule has 0 fully saturated rings. The summed E-state index contributed by atoms with van der Waals surface area (Å²) in [7, 11) is 1.58. The maximum absolute atomic E-state index is 11.8. The molecule has 1 aliphatic rings. The zero-order chi connectivity index (χ0) is 13.9. The normalized spacial score (nSPS) is 12.8. The Kier molecular flexibility index (Phi) is 3.60. The van der Waals surface area contributed by atoms with Crippen LogP contribution in [0.1, 0.15) is 11.1 Å². The van der Waals surface area contributed by atoms with Crippen LogP contribution in [-0.2, 0) is 12.2 Å². The Morgan fingerprint density at radius 1 is 1.50 bits per heavy atom. The number of thioether (sulfide) groups is 1. The summed E-state index contributed by atoms with van der Waals surface area (Å²) in [6, 6.07) is 3.73. The summed E-state index contributed by atoms with van der Waals surface area (Å²) in [4.78, 5) is 23.0. The number of nitrogens with zero attached hydrogens (tertiary/aromatic N) is 2. The molecule has 2 aromatic heterocycles. The Balaban J connectivity index is 1.72. The molecule has 104 valence electrons. The topological polar surface area (TPSA) is 77.1 Å². The molecule has 0 saturated heterocycles. The first kappa shape index (κ1) is 13.0. The van der Waals surface area contributed by atoms with Crippen LogP contribution in [-0.4, -0.2) is 28.7 Å². The highest BCUT2D eigenvalue weighted by molar-refractivity contribution is 7.98. The van der Waals surface area contributed by atoms with Gasteiger partial charge in [-0.2, -0.15) is 4.98 Å². The molecule has 3 rings (SSSR count). The van der Waals surface area contributed by atoms with Gasteiger partial charge in [0, 0.05) is 24.4 Å². The predicted octanol–water partition coefficient (Wildman–Crippen LogP) is 1.40. The zero-order valence-electron chi connectivity index (χ0n) is 10.9. The van der Waals surface area contributed by atoms with Crippen molar-refractivity contribution in [2.45, 2.75) is 17.3 Å². The van der Waals surface area contributed by atoms with Gasteiger partial charge in [0.2, 0.25) is 11.8 Å². The van der Waals surface area contributed by atoms with E-state index in [-0.39, 0.29) is 5.56 Å². The molecule has 0 saturated carbocycles. The van der Waals surface area contributed by atoms with Crippen molar-refractivity contribution in [2.24, 2.45) is 0 Å². The highest BCUT2D eigenvalue weighted by atomic mass is 32.2. The number of ether oxygens (including phenoxy) is 2. The summed E-state index contributed by atoms with van der Waals surface area (Å²) >= 11 is 1.44. The summed E-state index contributed by atoms with van der Waals surface area (Å²) in [5, 5.41) is 0.562. The third-order valence-electron chi connectivity index (χ3n) is 2.93. The third kappa shape index (κ3) is 2.62. The first-order chi connectivity index (χ1) is 9.76. The number of hydrogen-bond acceptors (Lipinski definition) is 6. The molecule has 2 aromatic rings. The van der Waals surface area contributed by atoms with Crippen LogP contribution in [0.5, 0.6) is 11.8 Å². The number of aromatic nitrogens is 3. The largest absolute Gasteiger partial charge is 0.481 e. The van der Waals surface area contributed by atoms with Crippen LogP contribution in [0.3, 0.4) is 0 Å². The minimum Gasteiger partial charge on any atom is -0.481 e. The average Bonchev–Trinajstić information content (AvgIpc) is 2.94. The molecule has 0 aromatic carbocycles. The number of fused-ring (bicyclic) bond motifs is 1. The van der Waals surface area contributed by atoms with Crippen molar-refractivity contribution in [1.29, 1.82) is 0 Å². The maximum Gasteiger partial charge on any atom is 0.258 e. The lowest BCUT2D eigenvalue weighted by molar-refractivity contribution is 0.342. The van der Waals surface area contributed by atoms with Crippen LogP contribution in [0.25, 0.3) is 0 Å². The molecule has 0 radical (unpaired) electrons. The summed E-state index contributed by atoms with van der Waals surface area (Å²) in [6.45, 7) is 0.530. The number of aromatic amines is 1. The van der Waals surface area contributed by atoms with E-state index in [1.807, 2.05) is 6.07 Å². The summed E-state index contributed by atoms with van der Waals surface area (Å²) < 4.78 is 10.3. The lowest BCUT2D eigenvalue weighted by atomic mass is 10.3. The quantitative estimate of drug-likeness (QED) is 0.678. The van der Waals surface area contributed by atoms with Gasteiger partial charge in [0.15, 0.2) is 5.16 Å². The van der Waals surface area contributed by atoms with E-state index in [1.165, 1.54) is 11.8 Å². The Morgan fingerprint density at radius 2 is 2.40 bits per heavy atom. The van der Waals surface area contributed by atoms with E-state index < -0.39 is 0 Å². The molecule has 0 unspecified atom stereocenters. The second kappa shape index (κ2) is 5.54. The second-order valence-corrected chi connectivity index (χ2v) is 5.21. The molecular formula is C13H13N3O3S. The van der Waals surface area contributed by atoms with Gasteiger partial charge in [0.1, 0.15) is 0 Å². The van der Waals surface area contributed by atoms with E-state index in [0.717, 1.165) is 5.56 Å². The zero-order valence-corrected chi connectivity index (χ0v) is 11.7. The molecule has 20 heavy (non-hydrogen) atoms. The van der Waals surface area contributed by atoms with E-state index in [1.54, 1.807) is 19.4 Å². The SMILES string of the molecule is COc1ccc(CSc2nc3c(c(=O)[nH]2)CCO3)cn1. The summed E-state index contributed by atoms with van der Waals surface area (Å²) in [5.74, 6) is 1.71. The third-order valence-corrected chi connectivity index (χ3v) is 3.87. The smallest absolute Gasteiger partial charge is 0.258 e. The van der Waals surface area contributed by atoms with Crippen molar-refractivity contribution in [3.8, 4) is 11.8 Å². The minimum atomic E-state index is -0.108. The lowest BCUT2D eigenvalue weighted by Gasteiger charge is -2.04. The first-order valence-electron chi connectivity index (χ1n) is 6.14. The van der Waals surface area contributed by atoms with Crippen LogP contribution >= 0.6 is 11.8 Å². The summed E-state index contributed by atoms with van der Waals surface area (Å²) in [6.07, 6.45) is 2.37. The summed E-state index contributed by atoms with van der Waals surface area (Å²) in [5.41, 5.74) is 1.56. The van der Waals surface area contributed by atoms with Crippen LogP contribution in [0.4, 0.5) is 0 Å². The van der Waals surface area contributed by atoms with Gasteiger partial charge in [-0.05, 0) is 5.56 Å². The van der Waals surface area contributed by atoms with Crippen molar-refractivity contribution >= 4 is 11.8 Å². The molecule has 0 atom stereocenters. The van der Waals surface area contributed by atoms with Crippen LogP contribution in [0, 0.1) is 0 Å². The molecular weight excluding hydrogens is 278 g/mol. The highest BCUT2D eigenvalue weighted by Gasteiger charge is 2.18. The Labute approximate surface area is 119 Å². The molecule has 0 spiro atoms. The number of rotatable bonds is 4. The molecule has 1 N–H and O–H groups in total. The Hall–Kier alpha value is -2.02. The Morgan fingerprint density at radius 3 is 3.15 bits per heavy atom. The van der Waals surface area contributed by atoms with Crippen molar-refractivity contribution in [3.63, 3.8) is 0 Å². The van der Waals surface area contributed by atoms with Gasteiger partial charge >= 0.3 is 0 Å². The van der Waals surface area contributed by atoms with E-state index in [2.05, 4.69) is 15.0 Å². The van der Waals surface area contributed by atoms with Gasteiger partial charge in [0.25, 0.3) is 5.56 Å². The standard InChI is InChI=1S/C13H13N3O3S/c1-18-10-3-2-8(6-14-10)7-20-13-15-11(17)9-4-5-19-12(9)16-13/h2-3,6H,4-5,7H2,1H3,(H,15,16,17). The van der Waals surface area contributed by atoms with Crippen molar-refractivity contribution in [2.75, 3.05) is 13.7 Å². The Bertz CT molecular complexity index is 670. The number of methoxy groups -OCH3 is 1. The number of pyridine rings is 1. The molecule has 0 amide bonds. The number of hydrogen-bond donors (Lipinski definition) is 1. The average molecular weight is 291 g/mol. The predicted molar refractivity (Wildman–Crippen MR) is 74.4 cm³/mol. The molecule has 0 aliphatic carbocycles. The monoisotopic (exact) mass is 291 g/mol. The van der Waals surface area contributed by atoms with Crippen molar-refractivity contribution < 1.29 is 9.47 Å². The number of nitrogens with one attached hydrogen (secondary N) is 1. The van der Waals surface area contributed by atoms with Gasteiger partial charge in [-0.15, -0.1) is 0 Å². The van der Waals surface area contributed by atoms with Gasteiger partial charge in [-0.1, -0.05) is 17.8 Å². The van der Waals surface area contributed by atoms with Crippen LogP contribution in [0.15, 0.2) is 28.3 Å². The first-order valence-corrected chi connectivity index (χ1v) is 7.12. The maximum atomic E-state index is 11.8.